The van der Waals surface area contributed by atoms with E-state index in [9.17, 15) is 4.79 Å². The van der Waals surface area contributed by atoms with Crippen LogP contribution in [0.15, 0.2) is 60.7 Å². The van der Waals surface area contributed by atoms with E-state index in [2.05, 4.69) is 10.4 Å². The molecule has 0 unspecified atom stereocenters. The number of amides is 1. The molecule has 0 spiro atoms. The lowest BCUT2D eigenvalue weighted by atomic mass is 10.2. The van der Waals surface area contributed by atoms with Gasteiger partial charge in [0.05, 0.1) is 29.9 Å². The van der Waals surface area contributed by atoms with Gasteiger partial charge in [0.2, 0.25) is 5.91 Å². The molecule has 3 rings (SSSR count). The molecule has 0 atom stereocenters. The van der Waals surface area contributed by atoms with E-state index < -0.39 is 0 Å². The second-order valence-electron chi connectivity index (χ2n) is 5.86. The molecule has 0 saturated carbocycles. The second-order valence-corrected chi connectivity index (χ2v) is 5.86. The lowest BCUT2D eigenvalue weighted by Gasteiger charge is -2.06. The Morgan fingerprint density at radius 2 is 1.77 bits per heavy atom. The van der Waals surface area contributed by atoms with Crippen LogP contribution < -0.4 is 10.1 Å². The molecule has 0 fully saturated rings. The maximum atomic E-state index is 12.4. The lowest BCUT2D eigenvalue weighted by Crippen LogP contribution is -2.09. The molecule has 1 heterocycles. The highest BCUT2D eigenvalue weighted by Gasteiger charge is 2.14. The summed E-state index contributed by atoms with van der Waals surface area (Å²) in [6, 6.07) is 17.4. The minimum Gasteiger partial charge on any atom is -0.496 e. The van der Waals surface area contributed by atoms with E-state index in [0.717, 1.165) is 34.1 Å². The fourth-order valence-corrected chi connectivity index (χ4v) is 2.78. The van der Waals surface area contributed by atoms with E-state index in [1.165, 1.54) is 6.08 Å². The summed E-state index contributed by atoms with van der Waals surface area (Å²) in [6.07, 6.45) is 3.23. The Morgan fingerprint density at radius 3 is 2.50 bits per heavy atom. The maximum absolute atomic E-state index is 12.4. The van der Waals surface area contributed by atoms with E-state index in [1.54, 1.807) is 13.2 Å². The summed E-state index contributed by atoms with van der Waals surface area (Å²) < 4.78 is 7.12. The van der Waals surface area contributed by atoms with Crippen molar-refractivity contribution < 1.29 is 9.53 Å². The largest absolute Gasteiger partial charge is 0.496 e. The summed E-state index contributed by atoms with van der Waals surface area (Å²) in [5, 5.41) is 7.46. The van der Waals surface area contributed by atoms with Crippen molar-refractivity contribution in [2.45, 2.75) is 13.8 Å². The molecule has 132 valence electrons. The van der Waals surface area contributed by atoms with Gasteiger partial charge in [-0.1, -0.05) is 36.4 Å². The van der Waals surface area contributed by atoms with E-state index in [4.69, 9.17) is 4.74 Å². The maximum Gasteiger partial charge on any atom is 0.248 e. The summed E-state index contributed by atoms with van der Waals surface area (Å²) >= 11 is 0. The molecule has 1 aromatic heterocycles. The van der Waals surface area contributed by atoms with Crippen molar-refractivity contribution in [3.05, 3.63) is 77.6 Å². The summed E-state index contributed by atoms with van der Waals surface area (Å²) in [5.74, 6) is 0.510. The number of carbonyl (C=O) groups is 1. The lowest BCUT2D eigenvalue weighted by molar-refractivity contribution is -0.111. The Hall–Kier alpha value is -3.34. The van der Waals surface area contributed by atoms with Gasteiger partial charge >= 0.3 is 0 Å². The number of para-hydroxylation sites is 2. The van der Waals surface area contributed by atoms with Crippen LogP contribution in [0.5, 0.6) is 5.75 Å². The zero-order valence-electron chi connectivity index (χ0n) is 15.1. The smallest absolute Gasteiger partial charge is 0.248 e. The van der Waals surface area contributed by atoms with Gasteiger partial charge < -0.3 is 10.1 Å². The number of rotatable bonds is 5. The third-order valence-electron chi connectivity index (χ3n) is 4.09. The van der Waals surface area contributed by atoms with Gasteiger partial charge in [0, 0.05) is 11.6 Å². The van der Waals surface area contributed by atoms with Crippen LogP contribution in [0.1, 0.15) is 17.0 Å². The Labute approximate surface area is 152 Å². The molecule has 0 bridgehead atoms. The summed E-state index contributed by atoms with van der Waals surface area (Å²) in [4.78, 5) is 12.4. The summed E-state index contributed by atoms with van der Waals surface area (Å²) in [6.45, 7) is 3.82. The van der Waals surface area contributed by atoms with Crippen LogP contribution in [-0.4, -0.2) is 22.8 Å². The fraction of sp³-hybridized carbons (Fsp3) is 0.143. The number of benzene rings is 2. The Bertz CT molecular complexity index is 943. The Morgan fingerprint density at radius 1 is 1.08 bits per heavy atom. The molecule has 0 aliphatic rings. The molecule has 5 nitrogen and oxygen atoms in total. The predicted octanol–water partition coefficient (Wildman–Crippen LogP) is 4.15. The first-order valence-electron chi connectivity index (χ1n) is 8.34. The molecule has 1 N–H and O–H groups in total. The van der Waals surface area contributed by atoms with Gasteiger partial charge in [-0.15, -0.1) is 0 Å². The number of carbonyl (C=O) groups excluding carboxylic acids is 1. The van der Waals surface area contributed by atoms with Crippen LogP contribution >= 0.6 is 0 Å². The van der Waals surface area contributed by atoms with Gasteiger partial charge in [-0.05, 0) is 38.1 Å². The highest BCUT2D eigenvalue weighted by Crippen LogP contribution is 2.23. The van der Waals surface area contributed by atoms with E-state index >= 15 is 0 Å². The van der Waals surface area contributed by atoms with Crippen molar-refractivity contribution in [3.8, 4) is 11.4 Å². The number of ether oxygens (including phenoxy) is 1. The normalized spacial score (nSPS) is 10.9. The Kier molecular flexibility index (Phi) is 5.17. The number of hydrogen-bond acceptors (Lipinski definition) is 3. The average Bonchev–Trinajstić information content (AvgIpc) is 2.95. The molecule has 0 aliphatic carbocycles. The highest BCUT2D eigenvalue weighted by molar-refractivity contribution is 6.02. The monoisotopic (exact) mass is 347 g/mol. The van der Waals surface area contributed by atoms with Crippen LogP contribution in [0.3, 0.4) is 0 Å². The van der Waals surface area contributed by atoms with Gasteiger partial charge in [-0.3, -0.25) is 4.79 Å². The first-order valence-corrected chi connectivity index (χ1v) is 8.34. The number of hydrogen-bond donors (Lipinski definition) is 1. The average molecular weight is 347 g/mol. The minimum absolute atomic E-state index is 0.213. The second kappa shape index (κ2) is 7.70. The van der Waals surface area contributed by atoms with Crippen LogP contribution in [0, 0.1) is 13.8 Å². The highest BCUT2D eigenvalue weighted by atomic mass is 16.5. The van der Waals surface area contributed by atoms with Crippen molar-refractivity contribution in [3.63, 3.8) is 0 Å². The van der Waals surface area contributed by atoms with Crippen molar-refractivity contribution in [1.82, 2.24) is 9.78 Å². The quantitative estimate of drug-likeness (QED) is 0.706. The molecule has 26 heavy (non-hydrogen) atoms. The van der Waals surface area contributed by atoms with Crippen molar-refractivity contribution in [2.75, 3.05) is 12.4 Å². The molecular weight excluding hydrogens is 326 g/mol. The van der Waals surface area contributed by atoms with E-state index in [0.29, 0.717) is 0 Å². The number of anilines is 1. The van der Waals surface area contributed by atoms with Crippen LogP contribution in [0.4, 0.5) is 5.69 Å². The molecule has 1 amide bonds. The predicted molar refractivity (Wildman–Crippen MR) is 104 cm³/mol. The Balaban J connectivity index is 1.80. The number of aryl methyl sites for hydroxylation is 1. The third-order valence-corrected chi connectivity index (χ3v) is 4.09. The topological polar surface area (TPSA) is 56.1 Å². The molecule has 0 radical (unpaired) electrons. The van der Waals surface area contributed by atoms with Crippen LogP contribution in [0.25, 0.3) is 11.8 Å². The van der Waals surface area contributed by atoms with Gasteiger partial charge in [-0.25, -0.2) is 4.68 Å². The molecule has 0 aliphatic heterocycles. The fourth-order valence-electron chi connectivity index (χ4n) is 2.78. The summed E-state index contributed by atoms with van der Waals surface area (Å²) in [5.41, 5.74) is 4.18. The van der Waals surface area contributed by atoms with Crippen molar-refractivity contribution in [1.29, 1.82) is 0 Å². The number of nitrogens with zero attached hydrogens (tertiary/aromatic N) is 2. The number of aromatic nitrogens is 2. The van der Waals surface area contributed by atoms with E-state index in [-0.39, 0.29) is 5.91 Å². The van der Waals surface area contributed by atoms with Gasteiger partial charge in [-0.2, -0.15) is 5.10 Å². The number of nitrogens with one attached hydrogen (secondary N) is 1. The zero-order chi connectivity index (χ0) is 18.5. The molecular formula is C21H21N3O2. The zero-order valence-corrected chi connectivity index (χ0v) is 15.1. The van der Waals surface area contributed by atoms with Crippen LogP contribution in [0.2, 0.25) is 0 Å². The first kappa shape index (κ1) is 17.5. The van der Waals surface area contributed by atoms with Crippen molar-refractivity contribution in [2.24, 2.45) is 0 Å². The molecule has 5 heteroatoms. The third kappa shape index (κ3) is 3.67. The SMILES string of the molecule is COc1ccccc1/C=C/C(=O)Nc1c(C)nn(-c2ccccc2)c1C. The first-order chi connectivity index (χ1) is 12.6. The minimum atomic E-state index is -0.213. The molecule has 3 aromatic rings. The van der Waals surface area contributed by atoms with Gasteiger partial charge in [0.25, 0.3) is 0 Å². The molecule has 2 aromatic carbocycles. The van der Waals surface area contributed by atoms with Crippen LogP contribution in [-0.2, 0) is 4.79 Å². The van der Waals surface area contributed by atoms with Gasteiger partial charge in [0.15, 0.2) is 0 Å². The van der Waals surface area contributed by atoms with Gasteiger partial charge in [0.1, 0.15) is 5.75 Å². The van der Waals surface area contributed by atoms with E-state index in [1.807, 2.05) is 73.1 Å². The number of methoxy groups -OCH3 is 1. The summed E-state index contributed by atoms with van der Waals surface area (Å²) in [7, 11) is 1.61. The molecule has 0 saturated heterocycles. The van der Waals surface area contributed by atoms with Crippen molar-refractivity contribution >= 4 is 17.7 Å². The standard InChI is InChI=1S/C21H21N3O2/c1-15-21(16(2)24(23-15)18-10-5-4-6-11-18)22-20(25)14-13-17-9-7-8-12-19(17)26-3/h4-14H,1-3H3,(H,22,25)/b14-13+.